The highest BCUT2D eigenvalue weighted by Gasteiger charge is 2.12. The summed E-state index contributed by atoms with van der Waals surface area (Å²) in [6.07, 6.45) is 3.76. The van der Waals surface area contributed by atoms with E-state index in [1.165, 1.54) is 6.08 Å². The van der Waals surface area contributed by atoms with Crippen molar-refractivity contribution in [2.45, 2.75) is 20.3 Å². The number of hydrogen-bond donors (Lipinski definition) is 0. The molecule has 0 bridgehead atoms. The molecule has 5 heteroatoms. The highest BCUT2D eigenvalue weighted by Crippen LogP contribution is 2.30. The lowest BCUT2D eigenvalue weighted by Gasteiger charge is -2.07. The molecule has 0 radical (unpaired) electrons. The molecule has 0 saturated carbocycles. The number of Topliss-reactive ketones (excluding diaryl/α,β-unsaturated/α-hetero) is 1. The van der Waals surface area contributed by atoms with E-state index >= 15 is 0 Å². The highest BCUT2D eigenvalue weighted by molar-refractivity contribution is 6.00. The number of carbonyl (C=O) groups is 2. The second-order valence-corrected chi connectivity index (χ2v) is 6.44. The Balaban J connectivity index is 1.57. The molecule has 2 aromatic rings. The first kappa shape index (κ1) is 18.7. The number of aryl methyl sites for hydroxylation is 2. The molecule has 1 heterocycles. The fraction of sp³-hybridized carbons (Fsp3) is 0.273. The third kappa shape index (κ3) is 4.97. The van der Waals surface area contributed by atoms with Crippen molar-refractivity contribution in [3.63, 3.8) is 0 Å². The van der Waals surface area contributed by atoms with Gasteiger partial charge in [-0.3, -0.25) is 4.79 Å². The van der Waals surface area contributed by atoms with Crippen LogP contribution in [-0.2, 0) is 9.53 Å². The Morgan fingerprint density at radius 3 is 2.59 bits per heavy atom. The lowest BCUT2D eigenvalue weighted by atomic mass is 10.0. The van der Waals surface area contributed by atoms with E-state index in [-0.39, 0.29) is 12.4 Å². The van der Waals surface area contributed by atoms with Gasteiger partial charge in [0.05, 0.1) is 13.2 Å². The molecule has 140 valence electrons. The van der Waals surface area contributed by atoms with E-state index in [1.54, 1.807) is 12.1 Å². The van der Waals surface area contributed by atoms with Gasteiger partial charge in [0.1, 0.15) is 0 Å². The van der Waals surface area contributed by atoms with Gasteiger partial charge in [0, 0.05) is 18.1 Å². The van der Waals surface area contributed by atoms with Gasteiger partial charge in [0.25, 0.3) is 0 Å². The van der Waals surface area contributed by atoms with Crippen molar-refractivity contribution in [3.8, 4) is 11.5 Å². The summed E-state index contributed by atoms with van der Waals surface area (Å²) >= 11 is 0. The van der Waals surface area contributed by atoms with Crippen LogP contribution in [0.4, 0.5) is 0 Å². The summed E-state index contributed by atoms with van der Waals surface area (Å²) in [5.41, 5.74) is 3.31. The van der Waals surface area contributed by atoms with E-state index in [1.807, 2.05) is 44.2 Å². The Labute approximate surface area is 158 Å². The van der Waals surface area contributed by atoms with Crippen molar-refractivity contribution in [1.82, 2.24) is 0 Å². The van der Waals surface area contributed by atoms with Crippen LogP contribution in [0.2, 0.25) is 0 Å². The SMILES string of the molecule is Cc1ccc(C(=O)COC(=O)/C=C/c2ccc3c(c2)OCCCO3)c(C)c1. The zero-order chi connectivity index (χ0) is 19.2. The minimum atomic E-state index is -0.569. The molecule has 1 aliphatic rings. The summed E-state index contributed by atoms with van der Waals surface area (Å²) in [6, 6.07) is 11.0. The average molecular weight is 366 g/mol. The van der Waals surface area contributed by atoms with Crippen molar-refractivity contribution < 1.29 is 23.8 Å². The maximum atomic E-state index is 12.2. The predicted molar refractivity (Wildman–Crippen MR) is 102 cm³/mol. The Kier molecular flexibility index (Phi) is 5.91. The van der Waals surface area contributed by atoms with Gasteiger partial charge >= 0.3 is 5.97 Å². The van der Waals surface area contributed by atoms with Crippen LogP contribution in [0.5, 0.6) is 11.5 Å². The Morgan fingerprint density at radius 2 is 1.81 bits per heavy atom. The molecule has 2 aromatic carbocycles. The smallest absolute Gasteiger partial charge is 0.331 e. The molecule has 0 aromatic heterocycles. The standard InChI is InChI=1S/C22H22O5/c1-15-4-7-18(16(2)12-15)19(23)14-27-22(24)9-6-17-5-8-20-21(13-17)26-11-3-10-25-20/h4-9,12-13H,3,10-11,14H2,1-2H3/b9-6+. The van der Waals surface area contributed by atoms with Crippen LogP contribution in [0.1, 0.15) is 33.5 Å². The second-order valence-electron chi connectivity index (χ2n) is 6.44. The van der Waals surface area contributed by atoms with Crippen molar-refractivity contribution in [2.24, 2.45) is 0 Å². The highest BCUT2D eigenvalue weighted by atomic mass is 16.5. The number of ether oxygens (including phenoxy) is 3. The quantitative estimate of drug-likeness (QED) is 0.456. The number of esters is 1. The summed E-state index contributed by atoms with van der Waals surface area (Å²) < 4.78 is 16.3. The topological polar surface area (TPSA) is 61.8 Å². The Bertz CT molecular complexity index is 882. The molecule has 0 fully saturated rings. The van der Waals surface area contributed by atoms with Gasteiger partial charge in [-0.15, -0.1) is 0 Å². The van der Waals surface area contributed by atoms with Crippen LogP contribution in [-0.4, -0.2) is 31.6 Å². The first-order valence-corrected chi connectivity index (χ1v) is 8.88. The molecule has 0 unspecified atom stereocenters. The van der Waals surface area contributed by atoms with Crippen LogP contribution < -0.4 is 9.47 Å². The molecule has 3 rings (SSSR count). The third-order valence-corrected chi connectivity index (χ3v) is 4.21. The van der Waals surface area contributed by atoms with Gasteiger partial charge in [0.15, 0.2) is 18.1 Å². The van der Waals surface area contributed by atoms with E-state index in [0.717, 1.165) is 23.1 Å². The summed E-state index contributed by atoms with van der Waals surface area (Å²) in [5.74, 6) is 0.574. The van der Waals surface area contributed by atoms with Gasteiger partial charge < -0.3 is 14.2 Å². The van der Waals surface area contributed by atoms with E-state index in [9.17, 15) is 9.59 Å². The number of rotatable bonds is 5. The Hall–Kier alpha value is -3.08. The van der Waals surface area contributed by atoms with Crippen molar-refractivity contribution >= 4 is 17.8 Å². The van der Waals surface area contributed by atoms with Gasteiger partial charge in [-0.25, -0.2) is 4.79 Å². The molecular formula is C22H22O5. The molecule has 0 saturated heterocycles. The number of fused-ring (bicyclic) bond motifs is 1. The molecule has 1 aliphatic heterocycles. The molecule has 0 N–H and O–H groups in total. The average Bonchev–Trinajstić information content (AvgIpc) is 2.89. The Morgan fingerprint density at radius 1 is 1.04 bits per heavy atom. The van der Waals surface area contributed by atoms with Crippen LogP contribution >= 0.6 is 0 Å². The lowest BCUT2D eigenvalue weighted by molar-refractivity contribution is -0.136. The number of benzene rings is 2. The van der Waals surface area contributed by atoms with Crippen molar-refractivity contribution in [1.29, 1.82) is 0 Å². The minimum absolute atomic E-state index is 0.218. The maximum absolute atomic E-state index is 12.2. The van der Waals surface area contributed by atoms with E-state index < -0.39 is 5.97 Å². The predicted octanol–water partition coefficient (Wildman–Crippen LogP) is 3.90. The first-order valence-electron chi connectivity index (χ1n) is 8.88. The summed E-state index contributed by atoms with van der Waals surface area (Å²) in [5, 5.41) is 0. The minimum Gasteiger partial charge on any atom is -0.490 e. The molecule has 0 atom stereocenters. The molecule has 0 aliphatic carbocycles. The van der Waals surface area contributed by atoms with E-state index in [4.69, 9.17) is 14.2 Å². The van der Waals surface area contributed by atoms with Crippen LogP contribution in [0.3, 0.4) is 0 Å². The lowest BCUT2D eigenvalue weighted by Crippen LogP contribution is -2.13. The molecule has 5 nitrogen and oxygen atoms in total. The van der Waals surface area contributed by atoms with Gasteiger partial charge in [-0.2, -0.15) is 0 Å². The molecular weight excluding hydrogens is 344 g/mol. The zero-order valence-electron chi connectivity index (χ0n) is 15.5. The molecule has 27 heavy (non-hydrogen) atoms. The van der Waals surface area contributed by atoms with E-state index in [2.05, 4.69) is 0 Å². The number of carbonyl (C=O) groups excluding carboxylic acids is 2. The summed E-state index contributed by atoms with van der Waals surface area (Å²) in [7, 11) is 0. The largest absolute Gasteiger partial charge is 0.490 e. The van der Waals surface area contributed by atoms with Crippen molar-refractivity contribution in [3.05, 3.63) is 64.7 Å². The molecule has 0 spiro atoms. The van der Waals surface area contributed by atoms with Gasteiger partial charge in [-0.05, 0) is 43.2 Å². The normalized spacial score (nSPS) is 13.3. The van der Waals surface area contributed by atoms with Gasteiger partial charge in [0.2, 0.25) is 5.78 Å². The zero-order valence-corrected chi connectivity index (χ0v) is 15.5. The van der Waals surface area contributed by atoms with Crippen LogP contribution in [0.15, 0.2) is 42.5 Å². The fourth-order valence-corrected chi connectivity index (χ4v) is 2.84. The second kappa shape index (κ2) is 8.54. The number of ketones is 1. The summed E-state index contributed by atoms with van der Waals surface area (Å²) in [6.45, 7) is 4.78. The monoisotopic (exact) mass is 366 g/mol. The first-order chi connectivity index (χ1) is 13.0. The van der Waals surface area contributed by atoms with Crippen molar-refractivity contribution in [2.75, 3.05) is 19.8 Å². The van der Waals surface area contributed by atoms with Crippen LogP contribution in [0.25, 0.3) is 6.08 Å². The third-order valence-electron chi connectivity index (χ3n) is 4.21. The van der Waals surface area contributed by atoms with Gasteiger partial charge in [-0.1, -0.05) is 29.8 Å². The van der Waals surface area contributed by atoms with E-state index in [0.29, 0.717) is 30.3 Å². The summed E-state index contributed by atoms with van der Waals surface area (Å²) in [4.78, 5) is 24.1. The number of hydrogen-bond acceptors (Lipinski definition) is 5. The van der Waals surface area contributed by atoms with Crippen LogP contribution in [0, 0.1) is 13.8 Å². The fourth-order valence-electron chi connectivity index (χ4n) is 2.84. The molecule has 0 amide bonds. The maximum Gasteiger partial charge on any atom is 0.331 e.